The Kier molecular flexibility index (Phi) is 4.39. The van der Waals surface area contributed by atoms with Gasteiger partial charge in [0, 0.05) is 26.6 Å². The lowest BCUT2D eigenvalue weighted by Crippen LogP contribution is -2.32. The van der Waals surface area contributed by atoms with E-state index < -0.39 is 0 Å². The van der Waals surface area contributed by atoms with Crippen molar-refractivity contribution in [2.45, 2.75) is 26.2 Å². The molecule has 1 saturated heterocycles. The first-order valence-electron chi connectivity index (χ1n) is 5.56. The van der Waals surface area contributed by atoms with Crippen LogP contribution in [0.25, 0.3) is 0 Å². The van der Waals surface area contributed by atoms with Gasteiger partial charge >= 0.3 is 0 Å². The summed E-state index contributed by atoms with van der Waals surface area (Å²) in [6, 6.07) is 0. The zero-order chi connectivity index (χ0) is 10.6. The summed E-state index contributed by atoms with van der Waals surface area (Å²) in [5, 5.41) is 0. The summed E-state index contributed by atoms with van der Waals surface area (Å²) in [7, 11) is 4.07. The summed E-state index contributed by atoms with van der Waals surface area (Å²) in [6.07, 6.45) is 2.88. The van der Waals surface area contributed by atoms with Gasteiger partial charge in [-0.05, 0) is 32.4 Å². The molecule has 1 fully saturated rings. The number of amides is 1. The number of nitrogens with zero attached hydrogens (tertiary/aromatic N) is 2. The highest BCUT2D eigenvalue weighted by molar-refractivity contribution is 5.75. The molecule has 1 amide bonds. The summed E-state index contributed by atoms with van der Waals surface area (Å²) in [5.74, 6) is 0.979. The van der Waals surface area contributed by atoms with Crippen LogP contribution in [0.2, 0.25) is 0 Å². The summed E-state index contributed by atoms with van der Waals surface area (Å²) in [6.45, 7) is 5.31. The average molecular weight is 198 g/mol. The second-order valence-corrected chi connectivity index (χ2v) is 4.44. The van der Waals surface area contributed by atoms with Gasteiger partial charge in [-0.3, -0.25) is 4.79 Å². The number of rotatable bonds is 4. The molecular weight excluding hydrogens is 176 g/mol. The molecule has 3 nitrogen and oxygen atoms in total. The Morgan fingerprint density at radius 1 is 1.57 bits per heavy atom. The van der Waals surface area contributed by atoms with Crippen molar-refractivity contribution in [3.63, 3.8) is 0 Å². The Morgan fingerprint density at radius 2 is 2.29 bits per heavy atom. The predicted octanol–water partition coefficient (Wildman–Crippen LogP) is 1.20. The van der Waals surface area contributed by atoms with Crippen molar-refractivity contribution in [3.8, 4) is 0 Å². The fraction of sp³-hybridized carbons (Fsp3) is 0.909. The Hall–Kier alpha value is -0.570. The number of carbonyl (C=O) groups is 1. The summed E-state index contributed by atoms with van der Waals surface area (Å²) in [4.78, 5) is 15.8. The molecule has 0 radical (unpaired) electrons. The van der Waals surface area contributed by atoms with Crippen LogP contribution >= 0.6 is 0 Å². The number of hydrogen-bond acceptors (Lipinski definition) is 2. The molecule has 1 rings (SSSR count). The smallest absolute Gasteiger partial charge is 0.222 e. The Bertz CT molecular complexity index is 194. The molecule has 1 unspecified atom stereocenters. The van der Waals surface area contributed by atoms with E-state index in [1.165, 1.54) is 13.0 Å². The van der Waals surface area contributed by atoms with Crippen molar-refractivity contribution in [3.05, 3.63) is 0 Å². The maximum absolute atomic E-state index is 11.5. The van der Waals surface area contributed by atoms with Crippen molar-refractivity contribution in [2.24, 2.45) is 5.92 Å². The van der Waals surface area contributed by atoms with Gasteiger partial charge < -0.3 is 9.80 Å². The summed E-state index contributed by atoms with van der Waals surface area (Å²) >= 11 is 0. The first-order valence-corrected chi connectivity index (χ1v) is 5.56. The van der Waals surface area contributed by atoms with Gasteiger partial charge in [-0.1, -0.05) is 6.92 Å². The van der Waals surface area contributed by atoms with Crippen LogP contribution in [0, 0.1) is 5.92 Å². The lowest BCUT2D eigenvalue weighted by Gasteiger charge is -2.21. The molecule has 0 aliphatic carbocycles. The third-order valence-electron chi connectivity index (χ3n) is 2.91. The largest absolute Gasteiger partial charge is 0.345 e. The summed E-state index contributed by atoms with van der Waals surface area (Å²) in [5.41, 5.74) is 0. The standard InChI is InChI=1S/C11H22N2O/c1-4-5-11(14)13(3)9-10-6-7-12(2)8-10/h10H,4-9H2,1-3H3. The molecule has 3 heteroatoms. The van der Waals surface area contributed by atoms with Crippen LogP contribution in [0.15, 0.2) is 0 Å². The van der Waals surface area contributed by atoms with E-state index in [1.807, 2.05) is 11.9 Å². The fourth-order valence-corrected chi connectivity index (χ4v) is 2.07. The minimum absolute atomic E-state index is 0.294. The molecule has 1 aliphatic rings. The van der Waals surface area contributed by atoms with Crippen molar-refractivity contribution >= 4 is 5.91 Å². The van der Waals surface area contributed by atoms with Gasteiger partial charge in [0.1, 0.15) is 0 Å². The third kappa shape index (κ3) is 3.29. The van der Waals surface area contributed by atoms with Gasteiger partial charge in [-0.25, -0.2) is 0 Å². The molecule has 0 bridgehead atoms. The Balaban J connectivity index is 2.26. The molecule has 0 saturated carbocycles. The van der Waals surface area contributed by atoms with Crippen molar-refractivity contribution in [2.75, 3.05) is 33.7 Å². The van der Waals surface area contributed by atoms with Gasteiger partial charge in [0.25, 0.3) is 0 Å². The Morgan fingerprint density at radius 3 is 2.79 bits per heavy atom. The molecular formula is C11H22N2O. The quantitative estimate of drug-likeness (QED) is 0.677. The monoisotopic (exact) mass is 198 g/mol. The maximum atomic E-state index is 11.5. The molecule has 14 heavy (non-hydrogen) atoms. The van der Waals surface area contributed by atoms with Gasteiger partial charge in [0.05, 0.1) is 0 Å². The van der Waals surface area contributed by atoms with E-state index in [4.69, 9.17) is 0 Å². The van der Waals surface area contributed by atoms with Gasteiger partial charge in [0.2, 0.25) is 5.91 Å². The molecule has 0 N–H and O–H groups in total. The van der Waals surface area contributed by atoms with Crippen LogP contribution in [0.5, 0.6) is 0 Å². The van der Waals surface area contributed by atoms with Gasteiger partial charge in [-0.2, -0.15) is 0 Å². The molecule has 0 aromatic carbocycles. The van der Waals surface area contributed by atoms with Gasteiger partial charge in [0.15, 0.2) is 0 Å². The van der Waals surface area contributed by atoms with E-state index in [0.717, 1.165) is 19.5 Å². The molecule has 0 aromatic rings. The van der Waals surface area contributed by atoms with Crippen molar-refractivity contribution in [1.82, 2.24) is 9.80 Å². The first kappa shape index (κ1) is 11.5. The SMILES string of the molecule is CCCC(=O)N(C)CC1CCN(C)C1. The number of hydrogen-bond donors (Lipinski definition) is 0. The molecule has 0 aromatic heterocycles. The second-order valence-electron chi connectivity index (χ2n) is 4.44. The number of likely N-dealkylation sites (tertiary alicyclic amines) is 1. The lowest BCUT2D eigenvalue weighted by molar-refractivity contribution is -0.130. The van der Waals surface area contributed by atoms with Gasteiger partial charge in [-0.15, -0.1) is 0 Å². The maximum Gasteiger partial charge on any atom is 0.222 e. The molecule has 1 heterocycles. The van der Waals surface area contributed by atoms with Crippen LogP contribution in [0.3, 0.4) is 0 Å². The van der Waals surface area contributed by atoms with Crippen molar-refractivity contribution < 1.29 is 4.79 Å². The van der Waals surface area contributed by atoms with Crippen LogP contribution in [0.4, 0.5) is 0 Å². The molecule has 1 atom stereocenters. The minimum Gasteiger partial charge on any atom is -0.345 e. The lowest BCUT2D eigenvalue weighted by atomic mass is 10.1. The van der Waals surface area contributed by atoms with E-state index in [9.17, 15) is 4.79 Å². The number of carbonyl (C=O) groups excluding carboxylic acids is 1. The highest BCUT2D eigenvalue weighted by atomic mass is 16.2. The first-order chi connectivity index (χ1) is 6.63. The average Bonchev–Trinajstić information content (AvgIpc) is 2.51. The normalized spacial score (nSPS) is 22.6. The molecule has 0 spiro atoms. The highest BCUT2D eigenvalue weighted by Gasteiger charge is 2.21. The van der Waals surface area contributed by atoms with Crippen LogP contribution in [-0.4, -0.2) is 49.4 Å². The topological polar surface area (TPSA) is 23.6 Å². The molecule has 82 valence electrons. The highest BCUT2D eigenvalue weighted by Crippen LogP contribution is 2.15. The Labute approximate surface area is 87.1 Å². The third-order valence-corrected chi connectivity index (χ3v) is 2.91. The van der Waals surface area contributed by atoms with E-state index in [2.05, 4.69) is 18.9 Å². The van der Waals surface area contributed by atoms with E-state index >= 15 is 0 Å². The summed E-state index contributed by atoms with van der Waals surface area (Å²) < 4.78 is 0. The van der Waals surface area contributed by atoms with Crippen LogP contribution in [0.1, 0.15) is 26.2 Å². The van der Waals surface area contributed by atoms with E-state index in [0.29, 0.717) is 18.2 Å². The zero-order valence-electron chi connectivity index (χ0n) is 9.62. The second kappa shape index (κ2) is 5.35. The van der Waals surface area contributed by atoms with Crippen LogP contribution in [-0.2, 0) is 4.79 Å². The fourth-order valence-electron chi connectivity index (χ4n) is 2.07. The van der Waals surface area contributed by atoms with Crippen LogP contribution < -0.4 is 0 Å². The minimum atomic E-state index is 0.294. The zero-order valence-corrected chi connectivity index (χ0v) is 9.62. The predicted molar refractivity (Wildman–Crippen MR) is 58.1 cm³/mol. The molecule has 1 aliphatic heterocycles. The van der Waals surface area contributed by atoms with E-state index in [-0.39, 0.29) is 0 Å². The van der Waals surface area contributed by atoms with Crippen molar-refractivity contribution in [1.29, 1.82) is 0 Å². The van der Waals surface area contributed by atoms with E-state index in [1.54, 1.807) is 0 Å².